The molecule has 94 valence electrons. The van der Waals surface area contributed by atoms with E-state index in [4.69, 9.17) is 10.3 Å². The second kappa shape index (κ2) is 5.03. The second-order valence-electron chi connectivity index (χ2n) is 3.83. The Labute approximate surface area is 113 Å². The van der Waals surface area contributed by atoms with Crippen molar-refractivity contribution in [3.05, 3.63) is 46.6 Å². The lowest BCUT2D eigenvalue weighted by atomic mass is 10.2. The van der Waals surface area contributed by atoms with Gasteiger partial charge in [-0.05, 0) is 23.8 Å². The summed E-state index contributed by atoms with van der Waals surface area (Å²) in [6.45, 7) is 0. The minimum absolute atomic E-state index is 0.444. The highest BCUT2D eigenvalue weighted by Crippen LogP contribution is 2.16. The van der Waals surface area contributed by atoms with Crippen LogP contribution in [0.15, 0.2) is 39.7 Å². The van der Waals surface area contributed by atoms with E-state index in [2.05, 4.69) is 15.1 Å². The van der Waals surface area contributed by atoms with E-state index in [1.165, 1.54) is 11.3 Å². The van der Waals surface area contributed by atoms with E-state index in [0.29, 0.717) is 11.7 Å². The van der Waals surface area contributed by atoms with Crippen LogP contribution in [0.5, 0.6) is 0 Å². The van der Waals surface area contributed by atoms with Crippen molar-refractivity contribution >= 4 is 29.2 Å². The van der Waals surface area contributed by atoms with Gasteiger partial charge < -0.3 is 10.3 Å². The van der Waals surface area contributed by atoms with E-state index in [1.54, 1.807) is 11.6 Å². The number of thiazole rings is 1. The first-order valence-electron chi connectivity index (χ1n) is 5.57. The van der Waals surface area contributed by atoms with Gasteiger partial charge in [0, 0.05) is 17.1 Å². The van der Waals surface area contributed by atoms with Crippen LogP contribution in [0.1, 0.15) is 11.5 Å². The van der Waals surface area contributed by atoms with Gasteiger partial charge in [-0.1, -0.05) is 17.3 Å². The third kappa shape index (κ3) is 2.69. The fraction of sp³-hybridized carbons (Fsp3) is 0. The quantitative estimate of drug-likeness (QED) is 0.740. The predicted octanol–water partition coefficient (Wildman–Crippen LogP) is 2.95. The zero-order chi connectivity index (χ0) is 13.1. The first kappa shape index (κ1) is 11.6. The smallest absolute Gasteiger partial charge is 0.251 e. The maximum atomic E-state index is 5.62. The molecule has 3 rings (SSSR count). The summed E-state index contributed by atoms with van der Waals surface area (Å²) >= 11 is 1.49. The SMILES string of the molecule is Nc1ccc(/C=C/c2nc(-c3cscn3)no2)cc1. The van der Waals surface area contributed by atoms with E-state index in [1.807, 2.05) is 35.7 Å². The Hall–Kier alpha value is -2.47. The molecule has 19 heavy (non-hydrogen) atoms. The fourth-order valence-electron chi connectivity index (χ4n) is 1.50. The molecule has 3 aromatic rings. The maximum Gasteiger partial charge on any atom is 0.251 e. The van der Waals surface area contributed by atoms with Crippen LogP contribution in [0.25, 0.3) is 23.7 Å². The molecule has 0 atom stereocenters. The lowest BCUT2D eigenvalue weighted by Crippen LogP contribution is -1.82. The average Bonchev–Trinajstić information content (AvgIpc) is 3.09. The molecular weight excluding hydrogens is 260 g/mol. The Bertz CT molecular complexity index is 686. The number of nitrogen functional groups attached to an aromatic ring is 1. The van der Waals surface area contributed by atoms with Gasteiger partial charge in [0.05, 0.1) is 5.51 Å². The summed E-state index contributed by atoms with van der Waals surface area (Å²) in [5, 5.41) is 5.75. The number of hydrogen-bond donors (Lipinski definition) is 1. The molecule has 0 amide bonds. The van der Waals surface area contributed by atoms with Gasteiger partial charge in [-0.3, -0.25) is 0 Å². The van der Waals surface area contributed by atoms with Crippen molar-refractivity contribution in [3.63, 3.8) is 0 Å². The number of anilines is 1. The molecule has 5 nitrogen and oxygen atoms in total. The van der Waals surface area contributed by atoms with Crippen LogP contribution in [0.2, 0.25) is 0 Å². The summed E-state index contributed by atoms with van der Waals surface area (Å²) in [5.74, 6) is 0.943. The Morgan fingerprint density at radius 1 is 1.16 bits per heavy atom. The first-order valence-corrected chi connectivity index (χ1v) is 6.51. The molecule has 0 unspecified atom stereocenters. The Morgan fingerprint density at radius 3 is 2.74 bits per heavy atom. The van der Waals surface area contributed by atoms with Crippen LogP contribution in [-0.2, 0) is 0 Å². The van der Waals surface area contributed by atoms with E-state index < -0.39 is 0 Å². The molecule has 0 saturated carbocycles. The van der Waals surface area contributed by atoms with E-state index in [0.717, 1.165) is 16.9 Å². The molecule has 6 heteroatoms. The maximum absolute atomic E-state index is 5.62. The van der Waals surface area contributed by atoms with Gasteiger partial charge in [0.2, 0.25) is 5.82 Å². The van der Waals surface area contributed by atoms with E-state index >= 15 is 0 Å². The fourth-order valence-corrected chi connectivity index (χ4v) is 2.03. The number of benzene rings is 1. The highest BCUT2D eigenvalue weighted by molar-refractivity contribution is 7.07. The molecule has 0 aliphatic heterocycles. The molecule has 0 saturated heterocycles. The third-order valence-corrected chi connectivity index (χ3v) is 3.04. The summed E-state index contributed by atoms with van der Waals surface area (Å²) in [7, 11) is 0. The minimum atomic E-state index is 0.444. The molecule has 0 radical (unpaired) electrons. The number of rotatable bonds is 3. The Kier molecular flexibility index (Phi) is 3.07. The van der Waals surface area contributed by atoms with Gasteiger partial charge in [-0.2, -0.15) is 4.98 Å². The van der Waals surface area contributed by atoms with Gasteiger partial charge in [0.15, 0.2) is 0 Å². The number of aromatic nitrogens is 3. The van der Waals surface area contributed by atoms with Crippen LogP contribution < -0.4 is 5.73 Å². The Morgan fingerprint density at radius 2 is 2.00 bits per heavy atom. The molecule has 2 N–H and O–H groups in total. The summed E-state index contributed by atoms with van der Waals surface area (Å²) in [5.41, 5.74) is 9.83. The summed E-state index contributed by atoms with van der Waals surface area (Å²) in [6.07, 6.45) is 3.65. The van der Waals surface area contributed by atoms with E-state index in [-0.39, 0.29) is 0 Å². The van der Waals surface area contributed by atoms with Crippen molar-refractivity contribution in [1.82, 2.24) is 15.1 Å². The minimum Gasteiger partial charge on any atom is -0.399 e. The van der Waals surface area contributed by atoms with Gasteiger partial charge in [0.1, 0.15) is 5.69 Å². The molecule has 0 bridgehead atoms. The predicted molar refractivity (Wildman–Crippen MR) is 75.2 cm³/mol. The van der Waals surface area contributed by atoms with E-state index in [9.17, 15) is 0 Å². The number of hydrogen-bond acceptors (Lipinski definition) is 6. The normalized spacial score (nSPS) is 11.2. The number of nitrogens with two attached hydrogens (primary N) is 1. The zero-order valence-corrected chi connectivity index (χ0v) is 10.7. The van der Waals surface area contributed by atoms with Gasteiger partial charge in [-0.25, -0.2) is 4.98 Å². The molecule has 2 heterocycles. The summed E-state index contributed by atoms with van der Waals surface area (Å²) in [4.78, 5) is 8.36. The monoisotopic (exact) mass is 270 g/mol. The van der Waals surface area contributed by atoms with Crippen LogP contribution in [0.3, 0.4) is 0 Å². The van der Waals surface area contributed by atoms with Crippen LogP contribution in [-0.4, -0.2) is 15.1 Å². The third-order valence-electron chi connectivity index (χ3n) is 2.46. The molecule has 0 aliphatic rings. The van der Waals surface area contributed by atoms with Crippen molar-refractivity contribution in [3.8, 4) is 11.5 Å². The second-order valence-corrected chi connectivity index (χ2v) is 4.55. The molecule has 1 aromatic carbocycles. The highest BCUT2D eigenvalue weighted by Gasteiger charge is 2.07. The lowest BCUT2D eigenvalue weighted by molar-refractivity contribution is 0.411. The van der Waals surface area contributed by atoms with Crippen LogP contribution in [0.4, 0.5) is 5.69 Å². The molecule has 0 fully saturated rings. The standard InChI is InChI=1S/C13H10N4OS/c14-10-4-1-9(2-5-10)3-6-12-16-13(17-18-12)11-7-19-8-15-11/h1-8H,14H2/b6-3+. The first-order chi connectivity index (χ1) is 9.31. The molecule has 2 aromatic heterocycles. The Balaban J connectivity index is 1.78. The lowest BCUT2D eigenvalue weighted by Gasteiger charge is -1.93. The van der Waals surface area contributed by atoms with Crippen molar-refractivity contribution in [1.29, 1.82) is 0 Å². The van der Waals surface area contributed by atoms with Gasteiger partial charge >= 0.3 is 0 Å². The number of nitrogens with zero attached hydrogens (tertiary/aromatic N) is 3. The van der Waals surface area contributed by atoms with Crippen molar-refractivity contribution in [2.75, 3.05) is 5.73 Å². The van der Waals surface area contributed by atoms with Crippen molar-refractivity contribution in [2.45, 2.75) is 0 Å². The van der Waals surface area contributed by atoms with Crippen LogP contribution in [0, 0.1) is 0 Å². The summed E-state index contributed by atoms with van der Waals surface area (Å²) in [6, 6.07) is 7.52. The van der Waals surface area contributed by atoms with Crippen LogP contribution >= 0.6 is 11.3 Å². The largest absolute Gasteiger partial charge is 0.399 e. The topological polar surface area (TPSA) is 77.8 Å². The van der Waals surface area contributed by atoms with Crippen molar-refractivity contribution < 1.29 is 4.52 Å². The molecular formula is C13H10N4OS. The van der Waals surface area contributed by atoms with Crippen molar-refractivity contribution in [2.24, 2.45) is 0 Å². The average molecular weight is 270 g/mol. The zero-order valence-electron chi connectivity index (χ0n) is 9.85. The molecule has 0 spiro atoms. The van der Waals surface area contributed by atoms with Gasteiger partial charge in [0.25, 0.3) is 5.89 Å². The van der Waals surface area contributed by atoms with Gasteiger partial charge in [-0.15, -0.1) is 11.3 Å². The highest BCUT2D eigenvalue weighted by atomic mass is 32.1. The molecule has 0 aliphatic carbocycles. The summed E-state index contributed by atoms with van der Waals surface area (Å²) < 4.78 is 5.13.